The zero-order valence-corrected chi connectivity index (χ0v) is 16.1. The molecule has 2 aromatic heterocycles. The van der Waals surface area contributed by atoms with Crippen LogP contribution < -0.4 is 9.80 Å². The Hall–Kier alpha value is -2.52. The van der Waals surface area contributed by atoms with Crippen molar-refractivity contribution in [3.05, 3.63) is 29.2 Å². The molecule has 146 valence electrons. The van der Waals surface area contributed by atoms with E-state index >= 15 is 0 Å². The fourth-order valence-electron chi connectivity index (χ4n) is 3.33. The van der Waals surface area contributed by atoms with Gasteiger partial charge < -0.3 is 19.6 Å². The highest BCUT2D eigenvalue weighted by Gasteiger charge is 2.26. The first-order valence-corrected chi connectivity index (χ1v) is 9.30. The van der Waals surface area contributed by atoms with Crippen molar-refractivity contribution >= 4 is 11.8 Å². The van der Waals surface area contributed by atoms with Crippen LogP contribution in [0.2, 0.25) is 0 Å². The van der Waals surface area contributed by atoms with E-state index < -0.39 is 5.97 Å². The van der Waals surface area contributed by atoms with Crippen molar-refractivity contribution < 1.29 is 19.5 Å². The number of rotatable bonds is 6. The molecular weight excluding hydrogens is 348 g/mol. The lowest BCUT2D eigenvalue weighted by Crippen LogP contribution is -3.15. The number of aryl methyl sites for hydroxylation is 2. The highest BCUT2D eigenvalue weighted by Crippen LogP contribution is 2.20. The van der Waals surface area contributed by atoms with E-state index in [4.69, 9.17) is 9.84 Å². The molecule has 1 saturated heterocycles. The summed E-state index contributed by atoms with van der Waals surface area (Å²) < 4.78 is 6.87. The van der Waals surface area contributed by atoms with E-state index in [9.17, 15) is 4.79 Å². The molecule has 9 nitrogen and oxygen atoms in total. The standard InChI is InChI=1S/C18H26N6O3/c1-4-27-17(26)15-12-19-18(24-14(3)11-13(2)21-24)20-16(15)23-7-5-22(6-8-23)9-10-25/h11-12,25H,4-10H2,1-3H3/p+1. The molecule has 0 atom stereocenters. The minimum Gasteiger partial charge on any atom is -0.462 e. The van der Waals surface area contributed by atoms with Gasteiger partial charge in [0.25, 0.3) is 5.95 Å². The second kappa shape index (κ2) is 8.45. The molecule has 0 radical (unpaired) electrons. The Kier molecular flexibility index (Phi) is 6.02. The van der Waals surface area contributed by atoms with Gasteiger partial charge in [0.05, 0.1) is 45.1 Å². The van der Waals surface area contributed by atoms with Gasteiger partial charge in [0.15, 0.2) is 0 Å². The Bertz CT molecular complexity index is 798. The maximum absolute atomic E-state index is 12.4. The summed E-state index contributed by atoms with van der Waals surface area (Å²) in [6.07, 6.45) is 1.53. The predicted molar refractivity (Wildman–Crippen MR) is 99.4 cm³/mol. The van der Waals surface area contributed by atoms with Gasteiger partial charge in [-0.3, -0.25) is 0 Å². The average molecular weight is 375 g/mol. The largest absolute Gasteiger partial charge is 0.462 e. The van der Waals surface area contributed by atoms with Crippen molar-refractivity contribution in [3.8, 4) is 5.95 Å². The number of nitrogens with zero attached hydrogens (tertiary/aromatic N) is 5. The van der Waals surface area contributed by atoms with Crippen LogP contribution in [0.25, 0.3) is 5.95 Å². The number of aliphatic hydroxyl groups excluding tert-OH is 1. The van der Waals surface area contributed by atoms with Gasteiger partial charge in [-0.15, -0.1) is 0 Å². The molecule has 9 heteroatoms. The molecule has 1 aliphatic rings. The van der Waals surface area contributed by atoms with Gasteiger partial charge in [0.2, 0.25) is 0 Å². The third kappa shape index (κ3) is 4.25. The second-order valence-electron chi connectivity index (χ2n) is 6.68. The zero-order valence-electron chi connectivity index (χ0n) is 16.1. The van der Waals surface area contributed by atoms with E-state index in [1.807, 2.05) is 19.9 Å². The summed E-state index contributed by atoms with van der Waals surface area (Å²) in [4.78, 5) is 24.9. The van der Waals surface area contributed by atoms with Crippen LogP contribution in [0, 0.1) is 13.8 Å². The highest BCUT2D eigenvalue weighted by atomic mass is 16.5. The number of piperazine rings is 1. The topological polar surface area (TPSA) is 97.8 Å². The van der Waals surface area contributed by atoms with E-state index in [1.165, 1.54) is 11.1 Å². The van der Waals surface area contributed by atoms with Crippen LogP contribution in [0.3, 0.4) is 0 Å². The quantitative estimate of drug-likeness (QED) is 0.635. The molecule has 27 heavy (non-hydrogen) atoms. The molecule has 0 saturated carbocycles. The fourth-order valence-corrected chi connectivity index (χ4v) is 3.33. The molecular formula is C18H27N6O3+. The van der Waals surface area contributed by atoms with Gasteiger partial charge in [0, 0.05) is 11.9 Å². The zero-order chi connectivity index (χ0) is 19.4. The summed E-state index contributed by atoms with van der Waals surface area (Å²) >= 11 is 0. The van der Waals surface area contributed by atoms with Crippen molar-refractivity contribution in [2.24, 2.45) is 0 Å². The average Bonchev–Trinajstić information content (AvgIpc) is 3.00. The van der Waals surface area contributed by atoms with Crippen LogP contribution in [0.1, 0.15) is 28.7 Å². The monoisotopic (exact) mass is 375 g/mol. The van der Waals surface area contributed by atoms with Crippen LogP contribution in [0.5, 0.6) is 0 Å². The third-order valence-corrected chi connectivity index (χ3v) is 4.69. The summed E-state index contributed by atoms with van der Waals surface area (Å²) in [6, 6.07) is 1.96. The van der Waals surface area contributed by atoms with Crippen LogP contribution in [0.15, 0.2) is 12.3 Å². The van der Waals surface area contributed by atoms with Gasteiger partial charge >= 0.3 is 5.97 Å². The van der Waals surface area contributed by atoms with Gasteiger partial charge in [-0.05, 0) is 26.8 Å². The smallest absolute Gasteiger partial charge is 0.343 e. The molecule has 0 bridgehead atoms. The molecule has 0 spiro atoms. The van der Waals surface area contributed by atoms with Crippen LogP contribution >= 0.6 is 0 Å². The molecule has 1 aliphatic heterocycles. The van der Waals surface area contributed by atoms with E-state index in [1.54, 1.807) is 11.6 Å². The molecule has 0 aliphatic carbocycles. The highest BCUT2D eigenvalue weighted by molar-refractivity contribution is 5.94. The molecule has 3 rings (SSSR count). The van der Waals surface area contributed by atoms with Gasteiger partial charge in [-0.1, -0.05) is 0 Å². The van der Waals surface area contributed by atoms with Gasteiger partial charge in [-0.25, -0.2) is 14.5 Å². The number of aromatic nitrogens is 4. The number of quaternary nitrogens is 1. The maximum Gasteiger partial charge on any atom is 0.343 e. The number of carbonyl (C=O) groups excluding carboxylic acids is 1. The molecule has 2 aromatic rings. The number of aliphatic hydroxyl groups is 1. The summed E-state index contributed by atoms with van der Waals surface area (Å²) in [5, 5.41) is 13.6. The lowest BCUT2D eigenvalue weighted by molar-refractivity contribution is -0.900. The Balaban J connectivity index is 1.94. The van der Waals surface area contributed by atoms with Crippen molar-refractivity contribution in [3.63, 3.8) is 0 Å². The molecule has 1 fully saturated rings. The van der Waals surface area contributed by atoms with Crippen LogP contribution in [0.4, 0.5) is 5.82 Å². The first-order chi connectivity index (χ1) is 13.0. The Morgan fingerprint density at radius 2 is 2.07 bits per heavy atom. The summed E-state index contributed by atoms with van der Waals surface area (Å²) in [7, 11) is 0. The molecule has 0 unspecified atom stereocenters. The fraction of sp³-hybridized carbons (Fsp3) is 0.556. The Morgan fingerprint density at radius 3 is 2.67 bits per heavy atom. The normalized spacial score (nSPS) is 15.2. The van der Waals surface area contributed by atoms with Crippen molar-refractivity contribution in [2.75, 3.05) is 50.8 Å². The number of ether oxygens (including phenoxy) is 1. The van der Waals surface area contributed by atoms with Crippen molar-refractivity contribution in [1.29, 1.82) is 0 Å². The summed E-state index contributed by atoms with van der Waals surface area (Å²) in [5.74, 6) is 0.598. The Morgan fingerprint density at radius 1 is 1.33 bits per heavy atom. The van der Waals surface area contributed by atoms with E-state index in [2.05, 4.69) is 20.0 Å². The van der Waals surface area contributed by atoms with Crippen LogP contribution in [-0.4, -0.2) is 76.8 Å². The molecule has 2 N–H and O–H groups in total. The molecule has 0 aromatic carbocycles. The number of nitrogens with one attached hydrogen (secondary N) is 1. The van der Waals surface area contributed by atoms with Gasteiger partial charge in [-0.2, -0.15) is 10.1 Å². The lowest BCUT2D eigenvalue weighted by Gasteiger charge is -2.33. The Labute approximate surface area is 158 Å². The minimum atomic E-state index is -0.419. The SMILES string of the molecule is CCOC(=O)c1cnc(-n2nc(C)cc2C)nc1N1CC[NH+](CCO)CC1. The maximum atomic E-state index is 12.4. The summed E-state index contributed by atoms with van der Waals surface area (Å²) in [6.45, 7) is 10.1. The van der Waals surface area contributed by atoms with E-state index in [0.717, 1.165) is 44.1 Å². The lowest BCUT2D eigenvalue weighted by atomic mass is 10.2. The van der Waals surface area contributed by atoms with E-state index in [-0.39, 0.29) is 6.61 Å². The predicted octanol–water partition coefficient (Wildman–Crippen LogP) is -0.847. The van der Waals surface area contributed by atoms with Crippen molar-refractivity contribution in [2.45, 2.75) is 20.8 Å². The third-order valence-electron chi connectivity index (χ3n) is 4.69. The van der Waals surface area contributed by atoms with Crippen LogP contribution in [-0.2, 0) is 4.74 Å². The minimum absolute atomic E-state index is 0.180. The number of hydrogen-bond donors (Lipinski definition) is 2. The first kappa shape index (κ1) is 19.2. The van der Waals surface area contributed by atoms with E-state index in [0.29, 0.717) is 23.9 Å². The van der Waals surface area contributed by atoms with Gasteiger partial charge in [0.1, 0.15) is 17.9 Å². The number of hydrogen-bond acceptors (Lipinski definition) is 7. The number of anilines is 1. The summed E-state index contributed by atoms with van der Waals surface area (Å²) in [5.41, 5.74) is 2.18. The van der Waals surface area contributed by atoms with Crippen molar-refractivity contribution in [1.82, 2.24) is 19.7 Å². The molecule has 3 heterocycles. The molecule has 0 amide bonds. The number of carbonyl (C=O) groups is 1. The number of esters is 1. The first-order valence-electron chi connectivity index (χ1n) is 9.30. The second-order valence-corrected chi connectivity index (χ2v) is 6.68.